The summed E-state index contributed by atoms with van der Waals surface area (Å²) in [6.45, 7) is 1.82. The van der Waals surface area contributed by atoms with Gasteiger partial charge in [-0.3, -0.25) is 9.36 Å². The van der Waals surface area contributed by atoms with E-state index in [1.807, 2.05) is 91.5 Å². The molecule has 0 aliphatic carbocycles. The van der Waals surface area contributed by atoms with Crippen LogP contribution in [0.5, 0.6) is 5.75 Å². The Labute approximate surface area is 250 Å². The number of methoxy groups -OCH3 is 1. The molecule has 0 atom stereocenters. The Hall–Kier alpha value is -4.41. The standard InChI is InChI=1S/C32H34N6O3S/c1-36(2)18-19-37(21-25-12-8-5-9-13-25)31(39)28-22-41-30(33-28)23-42-32-35-34-29(20-24-10-6-4-7-11-24)38(32)26-14-16-27(40-3)17-15-26/h4-17,22H,18-21,23H2,1-3H3. The molecule has 10 heteroatoms. The fraction of sp³-hybridized carbons (Fsp3) is 0.250. The molecule has 216 valence electrons. The van der Waals surface area contributed by atoms with Gasteiger partial charge >= 0.3 is 0 Å². The minimum absolute atomic E-state index is 0.160. The van der Waals surface area contributed by atoms with Gasteiger partial charge in [0.15, 0.2) is 10.9 Å². The number of oxazole rings is 1. The van der Waals surface area contributed by atoms with Crippen molar-refractivity contribution in [3.8, 4) is 11.4 Å². The third-order valence-electron chi connectivity index (χ3n) is 6.65. The molecule has 42 heavy (non-hydrogen) atoms. The van der Waals surface area contributed by atoms with Gasteiger partial charge < -0.3 is 19.0 Å². The molecule has 0 spiro atoms. The minimum atomic E-state index is -0.160. The molecule has 5 rings (SSSR count). The van der Waals surface area contributed by atoms with Crippen molar-refractivity contribution < 1.29 is 13.9 Å². The number of benzene rings is 3. The average Bonchev–Trinajstić information content (AvgIpc) is 3.66. The van der Waals surface area contributed by atoms with Crippen molar-refractivity contribution in [2.24, 2.45) is 0 Å². The Morgan fingerprint density at radius 2 is 1.60 bits per heavy atom. The second-order valence-corrected chi connectivity index (χ2v) is 11.0. The quantitative estimate of drug-likeness (QED) is 0.172. The molecule has 9 nitrogen and oxygen atoms in total. The molecule has 0 saturated heterocycles. The van der Waals surface area contributed by atoms with Crippen LogP contribution in [0.1, 0.15) is 33.3 Å². The first-order chi connectivity index (χ1) is 20.5. The van der Waals surface area contributed by atoms with Crippen molar-refractivity contribution >= 4 is 17.7 Å². The lowest BCUT2D eigenvalue weighted by Crippen LogP contribution is -2.36. The number of amides is 1. The highest BCUT2D eigenvalue weighted by atomic mass is 32.2. The molecule has 2 heterocycles. The molecule has 1 amide bonds. The summed E-state index contributed by atoms with van der Waals surface area (Å²) in [5, 5.41) is 9.72. The minimum Gasteiger partial charge on any atom is -0.497 e. The predicted octanol–water partition coefficient (Wildman–Crippen LogP) is 5.35. The molecule has 0 unspecified atom stereocenters. The van der Waals surface area contributed by atoms with Crippen LogP contribution >= 0.6 is 11.8 Å². The smallest absolute Gasteiger partial charge is 0.276 e. The first kappa shape index (κ1) is 29.1. The van der Waals surface area contributed by atoms with E-state index in [9.17, 15) is 4.79 Å². The summed E-state index contributed by atoms with van der Waals surface area (Å²) in [4.78, 5) is 21.9. The molecule has 2 aromatic heterocycles. The third kappa shape index (κ3) is 7.45. The molecular formula is C32H34N6O3S. The summed E-state index contributed by atoms with van der Waals surface area (Å²) < 4.78 is 13.1. The van der Waals surface area contributed by atoms with Crippen LogP contribution in [-0.2, 0) is 18.7 Å². The molecule has 0 bridgehead atoms. The zero-order valence-corrected chi connectivity index (χ0v) is 24.8. The van der Waals surface area contributed by atoms with Crippen molar-refractivity contribution in [3.05, 3.63) is 120 Å². The Balaban J connectivity index is 1.33. The van der Waals surface area contributed by atoms with Crippen LogP contribution in [-0.4, -0.2) is 69.8 Å². The van der Waals surface area contributed by atoms with Crippen molar-refractivity contribution in [3.63, 3.8) is 0 Å². The van der Waals surface area contributed by atoms with Gasteiger partial charge in [0.2, 0.25) is 5.89 Å². The first-order valence-corrected chi connectivity index (χ1v) is 14.7. The number of carbonyl (C=O) groups is 1. The zero-order chi connectivity index (χ0) is 29.3. The van der Waals surface area contributed by atoms with Crippen molar-refractivity contribution in [1.82, 2.24) is 29.5 Å². The number of likely N-dealkylation sites (N-methyl/N-ethyl adjacent to an activating group) is 1. The monoisotopic (exact) mass is 582 g/mol. The van der Waals surface area contributed by atoms with Gasteiger partial charge in [0.25, 0.3) is 5.91 Å². The fourth-order valence-electron chi connectivity index (χ4n) is 4.42. The van der Waals surface area contributed by atoms with Crippen LogP contribution < -0.4 is 4.74 Å². The maximum Gasteiger partial charge on any atom is 0.276 e. The molecule has 5 aromatic rings. The van der Waals surface area contributed by atoms with Crippen LogP contribution in [0, 0.1) is 0 Å². The number of carbonyl (C=O) groups excluding carboxylic acids is 1. The van der Waals surface area contributed by atoms with E-state index in [1.165, 1.54) is 18.0 Å². The van der Waals surface area contributed by atoms with Gasteiger partial charge in [-0.15, -0.1) is 10.2 Å². The maximum absolute atomic E-state index is 13.5. The number of aromatic nitrogens is 4. The Morgan fingerprint density at radius 1 is 0.905 bits per heavy atom. The number of rotatable bonds is 13. The normalized spacial score (nSPS) is 11.1. The fourth-order valence-corrected chi connectivity index (χ4v) is 5.24. The van der Waals surface area contributed by atoms with E-state index in [1.54, 1.807) is 12.0 Å². The number of nitrogens with zero attached hydrogens (tertiary/aromatic N) is 6. The van der Waals surface area contributed by atoms with E-state index >= 15 is 0 Å². The lowest BCUT2D eigenvalue weighted by Gasteiger charge is -2.23. The zero-order valence-electron chi connectivity index (χ0n) is 24.0. The number of ether oxygens (including phenoxy) is 1. The highest BCUT2D eigenvalue weighted by molar-refractivity contribution is 7.98. The molecule has 0 aliphatic rings. The Bertz CT molecular complexity index is 1570. The summed E-state index contributed by atoms with van der Waals surface area (Å²) in [6, 6.07) is 27.9. The molecule has 0 radical (unpaired) electrons. The molecule has 0 saturated carbocycles. The predicted molar refractivity (Wildman–Crippen MR) is 163 cm³/mol. The van der Waals surface area contributed by atoms with E-state index in [4.69, 9.17) is 9.15 Å². The van der Waals surface area contributed by atoms with E-state index in [-0.39, 0.29) is 5.91 Å². The second-order valence-electron chi connectivity index (χ2n) is 10.0. The van der Waals surface area contributed by atoms with Gasteiger partial charge in [0.1, 0.15) is 17.8 Å². The summed E-state index contributed by atoms with van der Waals surface area (Å²) in [5.41, 5.74) is 3.42. The summed E-state index contributed by atoms with van der Waals surface area (Å²) in [7, 11) is 5.63. The maximum atomic E-state index is 13.5. The lowest BCUT2D eigenvalue weighted by molar-refractivity contribution is 0.0726. The van der Waals surface area contributed by atoms with E-state index in [2.05, 4.69) is 32.2 Å². The SMILES string of the molecule is COc1ccc(-n2c(Cc3ccccc3)nnc2SCc2nc(C(=O)N(CCN(C)C)Cc3ccccc3)co2)cc1. The van der Waals surface area contributed by atoms with Gasteiger partial charge in [-0.1, -0.05) is 72.4 Å². The van der Waals surface area contributed by atoms with Gasteiger partial charge in [0.05, 0.1) is 12.9 Å². The Morgan fingerprint density at radius 3 is 2.26 bits per heavy atom. The van der Waals surface area contributed by atoms with E-state index < -0.39 is 0 Å². The summed E-state index contributed by atoms with van der Waals surface area (Å²) in [5.74, 6) is 2.27. The van der Waals surface area contributed by atoms with Gasteiger partial charge in [-0.05, 0) is 49.5 Å². The van der Waals surface area contributed by atoms with Crippen LogP contribution in [0.2, 0.25) is 0 Å². The largest absolute Gasteiger partial charge is 0.497 e. The second kappa shape index (κ2) is 14.0. The van der Waals surface area contributed by atoms with Crippen LogP contribution in [0.3, 0.4) is 0 Å². The third-order valence-corrected chi connectivity index (χ3v) is 7.57. The highest BCUT2D eigenvalue weighted by Gasteiger charge is 2.22. The van der Waals surface area contributed by atoms with Crippen molar-refractivity contribution in [1.29, 1.82) is 0 Å². The van der Waals surface area contributed by atoms with E-state index in [0.29, 0.717) is 42.0 Å². The van der Waals surface area contributed by atoms with Crippen molar-refractivity contribution in [2.75, 3.05) is 34.3 Å². The highest BCUT2D eigenvalue weighted by Crippen LogP contribution is 2.27. The molecule has 0 N–H and O–H groups in total. The van der Waals surface area contributed by atoms with Crippen LogP contribution in [0.25, 0.3) is 5.69 Å². The van der Waals surface area contributed by atoms with Gasteiger partial charge in [0, 0.05) is 31.7 Å². The Kier molecular flexibility index (Phi) is 9.68. The van der Waals surface area contributed by atoms with Crippen LogP contribution in [0.4, 0.5) is 0 Å². The van der Waals surface area contributed by atoms with Crippen LogP contribution in [0.15, 0.2) is 101 Å². The number of hydrogen-bond acceptors (Lipinski definition) is 8. The average molecular weight is 583 g/mol. The summed E-state index contributed by atoms with van der Waals surface area (Å²) >= 11 is 1.46. The lowest BCUT2D eigenvalue weighted by atomic mass is 10.1. The molecule has 0 fully saturated rings. The first-order valence-electron chi connectivity index (χ1n) is 13.7. The van der Waals surface area contributed by atoms with Gasteiger partial charge in [-0.25, -0.2) is 4.98 Å². The number of thioether (sulfide) groups is 1. The summed E-state index contributed by atoms with van der Waals surface area (Å²) in [6.07, 6.45) is 2.07. The van der Waals surface area contributed by atoms with Gasteiger partial charge in [-0.2, -0.15) is 0 Å². The molecule has 0 aliphatic heterocycles. The number of hydrogen-bond donors (Lipinski definition) is 0. The van der Waals surface area contributed by atoms with Crippen molar-refractivity contribution in [2.45, 2.75) is 23.9 Å². The molecular weight excluding hydrogens is 548 g/mol. The molecule has 3 aromatic carbocycles. The topological polar surface area (TPSA) is 89.5 Å². The van der Waals surface area contributed by atoms with E-state index in [0.717, 1.165) is 34.9 Å².